The summed E-state index contributed by atoms with van der Waals surface area (Å²) in [4.78, 5) is 21.1. The highest BCUT2D eigenvalue weighted by Crippen LogP contribution is 2.45. The van der Waals surface area contributed by atoms with E-state index in [0.29, 0.717) is 27.9 Å². The molecule has 2 aromatic carbocycles. The summed E-state index contributed by atoms with van der Waals surface area (Å²) >= 11 is 11.6. The summed E-state index contributed by atoms with van der Waals surface area (Å²) in [5, 5.41) is 3.92. The number of fused-ring (bicyclic) bond motifs is 2. The van der Waals surface area contributed by atoms with E-state index in [4.69, 9.17) is 38.8 Å². The highest BCUT2D eigenvalue weighted by Gasteiger charge is 2.36. The van der Waals surface area contributed by atoms with Crippen LogP contribution in [0.15, 0.2) is 29.3 Å². The third-order valence-electron chi connectivity index (χ3n) is 8.35. The third kappa shape index (κ3) is 7.34. The number of carbonyl (C=O) groups excluding carboxylic acids is 1. The van der Waals surface area contributed by atoms with Crippen molar-refractivity contribution in [2.75, 3.05) is 64.8 Å². The first-order chi connectivity index (χ1) is 20.9. The van der Waals surface area contributed by atoms with E-state index in [-0.39, 0.29) is 18.5 Å². The molecule has 6 rings (SSSR count). The smallest absolute Gasteiger partial charge is 0.204 e. The molecule has 2 aromatic rings. The number of ether oxygens (including phenoxy) is 1. The largest absolute Gasteiger partial charge is 0.378 e. The van der Waals surface area contributed by atoms with Crippen molar-refractivity contribution in [1.29, 1.82) is 0 Å². The summed E-state index contributed by atoms with van der Waals surface area (Å²) in [5.74, 6) is 0.170. The fourth-order valence-electron chi connectivity index (χ4n) is 6.16. The number of aliphatic imine (C=N–C) groups is 1. The second kappa shape index (κ2) is 15.6. The van der Waals surface area contributed by atoms with Crippen molar-refractivity contribution in [2.45, 2.75) is 45.4 Å². The first-order valence-electron chi connectivity index (χ1n) is 15.0. The molecule has 8 nitrogen and oxygen atoms in total. The minimum atomic E-state index is -0.624. The van der Waals surface area contributed by atoms with Gasteiger partial charge in [0.2, 0.25) is 6.41 Å². The van der Waals surface area contributed by atoms with E-state index in [2.05, 4.69) is 32.7 Å². The van der Waals surface area contributed by atoms with Gasteiger partial charge in [0, 0.05) is 91.9 Å². The Kier molecular flexibility index (Phi) is 12.2. The number of rotatable bonds is 5. The van der Waals surface area contributed by atoms with Crippen molar-refractivity contribution in [3.63, 3.8) is 0 Å². The molecule has 2 unspecified atom stereocenters. The van der Waals surface area contributed by atoms with Gasteiger partial charge in [-0.2, -0.15) is 12.6 Å². The molecule has 3 N–H and O–H groups in total. The quantitative estimate of drug-likeness (QED) is 0.341. The van der Waals surface area contributed by atoms with Gasteiger partial charge in [-0.3, -0.25) is 19.6 Å². The first-order valence-corrected chi connectivity index (χ1v) is 16.0. The van der Waals surface area contributed by atoms with E-state index in [1.807, 2.05) is 19.9 Å². The number of nitrogens with zero attached hydrogens (tertiary/aromatic N) is 4. The first kappa shape index (κ1) is 33.6. The minimum Gasteiger partial charge on any atom is -0.378 e. The Labute approximate surface area is 264 Å². The molecule has 236 valence electrons. The van der Waals surface area contributed by atoms with Gasteiger partial charge in [-0.15, -0.1) is 0 Å². The molecule has 3 fully saturated rings. The number of piperazine rings is 2. The van der Waals surface area contributed by atoms with Gasteiger partial charge < -0.3 is 20.7 Å². The Morgan fingerprint density at radius 1 is 1.14 bits per heavy atom. The number of nitrogens with one attached hydrogen (secondary N) is 1. The number of amidine groups is 1. The van der Waals surface area contributed by atoms with Crippen LogP contribution in [0.25, 0.3) is 11.1 Å². The topological polar surface area (TPSA) is 86.4 Å². The maximum absolute atomic E-state index is 15.2. The average Bonchev–Trinajstić information content (AvgIpc) is 2.97. The molecule has 4 heterocycles. The number of benzene rings is 2. The molecule has 4 aliphatic heterocycles. The van der Waals surface area contributed by atoms with Crippen LogP contribution in [-0.4, -0.2) is 104 Å². The summed E-state index contributed by atoms with van der Waals surface area (Å²) in [6, 6.07) is 6.16. The third-order valence-corrected chi connectivity index (χ3v) is 9.00. The van der Waals surface area contributed by atoms with E-state index in [1.165, 1.54) is 12.1 Å². The Balaban J connectivity index is 0.000000798. The van der Waals surface area contributed by atoms with E-state index in [0.717, 1.165) is 94.2 Å². The van der Waals surface area contributed by atoms with E-state index >= 15 is 4.39 Å². The van der Waals surface area contributed by atoms with Gasteiger partial charge in [-0.25, -0.2) is 8.78 Å². The van der Waals surface area contributed by atoms with Gasteiger partial charge in [-0.1, -0.05) is 25.4 Å². The Morgan fingerprint density at radius 2 is 1.84 bits per heavy atom. The number of hydrogen-bond acceptors (Lipinski definition) is 8. The zero-order chi connectivity index (χ0) is 31.1. The van der Waals surface area contributed by atoms with Crippen LogP contribution in [0.4, 0.5) is 8.78 Å². The van der Waals surface area contributed by atoms with Crippen molar-refractivity contribution in [3.05, 3.63) is 57.6 Å². The van der Waals surface area contributed by atoms with Crippen LogP contribution < -0.4 is 11.1 Å². The zero-order valence-electron chi connectivity index (χ0n) is 25.2. The number of nitrogens with two attached hydrogens (primary N) is 1. The lowest BCUT2D eigenvalue weighted by Gasteiger charge is -2.44. The van der Waals surface area contributed by atoms with Gasteiger partial charge in [-0.05, 0) is 36.2 Å². The van der Waals surface area contributed by atoms with Crippen LogP contribution >= 0.6 is 24.2 Å². The van der Waals surface area contributed by atoms with Gasteiger partial charge in [0.25, 0.3) is 0 Å². The molecule has 4 aliphatic rings. The lowest BCUT2D eigenvalue weighted by molar-refractivity contribution is -0.106. The monoisotopic (exact) mass is 636 g/mol. The fourth-order valence-corrected chi connectivity index (χ4v) is 6.73. The predicted octanol–water partition coefficient (Wildman–Crippen LogP) is 3.95. The lowest BCUT2D eigenvalue weighted by Crippen LogP contribution is -2.56. The average molecular weight is 637 g/mol. The SMILES string of the molecule is CC.CC1CNCCN1C1=NC(CS)c2c(CN3CCN(C4COC4)CC3)c1cc(Cl)c2-c1ccc(F)cc1F.NC=O. The predicted molar refractivity (Wildman–Crippen MR) is 172 cm³/mol. The number of hydrogen-bond donors (Lipinski definition) is 3. The van der Waals surface area contributed by atoms with Crippen LogP contribution in [0.5, 0.6) is 0 Å². The van der Waals surface area contributed by atoms with E-state index in [9.17, 15) is 4.39 Å². The molecule has 0 radical (unpaired) electrons. The summed E-state index contributed by atoms with van der Waals surface area (Å²) in [5.41, 5.74) is 8.12. The fraction of sp³-hybridized carbons (Fsp3) is 0.548. The highest BCUT2D eigenvalue weighted by molar-refractivity contribution is 7.80. The molecule has 43 heavy (non-hydrogen) atoms. The normalized spacial score (nSPS) is 22.4. The molecule has 2 bridgehead atoms. The lowest BCUT2D eigenvalue weighted by atomic mass is 9.84. The maximum atomic E-state index is 15.2. The van der Waals surface area contributed by atoms with Crippen LogP contribution in [0.1, 0.15) is 43.5 Å². The van der Waals surface area contributed by atoms with Gasteiger partial charge in [0.1, 0.15) is 17.5 Å². The zero-order valence-corrected chi connectivity index (χ0v) is 26.8. The van der Waals surface area contributed by atoms with Gasteiger partial charge in [0.15, 0.2) is 0 Å². The van der Waals surface area contributed by atoms with Gasteiger partial charge >= 0.3 is 0 Å². The summed E-state index contributed by atoms with van der Waals surface area (Å²) in [7, 11) is 0. The van der Waals surface area contributed by atoms with E-state index < -0.39 is 11.6 Å². The number of thiol groups is 1. The van der Waals surface area contributed by atoms with Crippen molar-refractivity contribution >= 4 is 36.5 Å². The van der Waals surface area contributed by atoms with Crippen molar-refractivity contribution < 1.29 is 18.3 Å². The molecule has 0 saturated carbocycles. The second-order valence-corrected chi connectivity index (χ2v) is 11.6. The van der Waals surface area contributed by atoms with Crippen molar-refractivity contribution in [3.8, 4) is 11.1 Å². The van der Waals surface area contributed by atoms with Crippen LogP contribution in [-0.2, 0) is 16.1 Å². The highest BCUT2D eigenvalue weighted by atomic mass is 35.5. The summed E-state index contributed by atoms with van der Waals surface area (Å²) < 4.78 is 34.4. The molecule has 2 atom stereocenters. The second-order valence-electron chi connectivity index (χ2n) is 10.8. The Bertz CT molecular complexity index is 1290. The molecule has 1 amide bonds. The number of amides is 1. The maximum Gasteiger partial charge on any atom is 0.204 e. The molecular formula is C31H43ClF2N6O2S. The summed E-state index contributed by atoms with van der Waals surface area (Å²) in [6.45, 7) is 15.1. The Morgan fingerprint density at radius 3 is 2.42 bits per heavy atom. The molecule has 3 saturated heterocycles. The molecule has 0 aromatic heterocycles. The van der Waals surface area contributed by atoms with Crippen molar-refractivity contribution in [1.82, 2.24) is 20.0 Å². The van der Waals surface area contributed by atoms with Crippen LogP contribution in [0.2, 0.25) is 5.02 Å². The van der Waals surface area contributed by atoms with Crippen LogP contribution in [0, 0.1) is 11.6 Å². The standard InChI is InChI=1S/C28H34ClF2N5OS.C2H6.CH3NO/c1-17-12-32-4-5-36(17)28-21-11-23(29)26(20-3-2-18(30)10-24(20)31)27(25(16-38)33-28)22(21)13-34-6-8-35(9-7-34)19-14-37-15-19;1-2;2-1-3/h2-3,10-11,17,19,25,32,38H,4-9,12-16H2,1H3;1-2H3;1H,(H2,2,3). The summed E-state index contributed by atoms with van der Waals surface area (Å²) in [6.07, 6.45) is 0.250. The Hall–Kier alpha value is -2.28. The van der Waals surface area contributed by atoms with E-state index in [1.54, 1.807) is 0 Å². The molecule has 12 heteroatoms. The van der Waals surface area contributed by atoms with Gasteiger partial charge in [0.05, 0.1) is 25.3 Å². The number of carbonyl (C=O) groups is 1. The minimum absolute atomic E-state index is 0.250. The number of halogens is 3. The van der Waals surface area contributed by atoms with Crippen molar-refractivity contribution in [2.24, 2.45) is 10.7 Å². The molecule has 0 spiro atoms. The molecule has 0 aliphatic carbocycles. The molecular weight excluding hydrogens is 594 g/mol. The van der Waals surface area contributed by atoms with Crippen LogP contribution in [0.3, 0.4) is 0 Å². The number of primary amides is 1.